The van der Waals surface area contributed by atoms with Crippen LogP contribution >= 0.6 is 0 Å². The minimum atomic E-state index is -0.116. The van der Waals surface area contributed by atoms with Gasteiger partial charge in [0.15, 0.2) is 0 Å². The van der Waals surface area contributed by atoms with Gasteiger partial charge in [-0.3, -0.25) is 0 Å². The molecule has 0 aliphatic rings. The van der Waals surface area contributed by atoms with Gasteiger partial charge in [-0.15, -0.1) is 0 Å². The van der Waals surface area contributed by atoms with Crippen LogP contribution in [-0.4, -0.2) is 49.9 Å². The number of hydrogen-bond donors (Lipinski definition) is 1. The fourth-order valence-electron chi connectivity index (χ4n) is 1.74. The lowest BCUT2D eigenvalue weighted by molar-refractivity contribution is 0.664. The van der Waals surface area contributed by atoms with E-state index in [1.54, 1.807) is 7.05 Å². The molecule has 0 spiro atoms. The number of nitriles is 1. The smallest absolute Gasteiger partial charge is 0.258 e. The predicted molar refractivity (Wildman–Crippen MR) is 77.0 cm³/mol. The second-order valence-corrected chi connectivity index (χ2v) is 4.42. The van der Waals surface area contributed by atoms with Crippen LogP contribution in [-0.2, 0) is 0 Å². The fraction of sp³-hybridized carbons (Fsp3) is 0.500. The van der Waals surface area contributed by atoms with Crippen LogP contribution in [0.2, 0.25) is 0 Å². The monoisotopic (exact) mass is 287 g/mol. The molecule has 0 aromatic carbocycles. The van der Waals surface area contributed by atoms with Crippen molar-refractivity contribution >= 4 is 11.9 Å². The zero-order valence-corrected chi connectivity index (χ0v) is 12.2. The Kier molecular flexibility index (Phi) is 4.61. The summed E-state index contributed by atoms with van der Waals surface area (Å²) in [6, 6.07) is 2.21. The minimum absolute atomic E-state index is 0.116. The van der Waals surface area contributed by atoms with Crippen LogP contribution in [0, 0.1) is 17.2 Å². The molecule has 1 N–H and O–H groups in total. The molecule has 1 unspecified atom stereocenters. The minimum Gasteiger partial charge on any atom is -0.357 e. The van der Waals surface area contributed by atoms with Crippen molar-refractivity contribution in [1.82, 2.24) is 29.7 Å². The van der Waals surface area contributed by atoms with Gasteiger partial charge in [-0.1, -0.05) is 0 Å². The molecule has 0 bridgehead atoms. The molecule has 1 atom stereocenters. The first-order valence-corrected chi connectivity index (χ1v) is 6.61. The second-order valence-electron chi connectivity index (χ2n) is 4.42. The van der Waals surface area contributed by atoms with E-state index in [4.69, 9.17) is 5.26 Å². The number of nitrogens with one attached hydrogen (secondary N) is 1. The third kappa shape index (κ3) is 3.42. The lowest BCUT2D eigenvalue weighted by atomic mass is 10.2. The molecule has 2 heterocycles. The maximum absolute atomic E-state index is 8.97. The van der Waals surface area contributed by atoms with E-state index in [2.05, 4.69) is 36.4 Å². The van der Waals surface area contributed by atoms with Crippen molar-refractivity contribution < 1.29 is 0 Å². The van der Waals surface area contributed by atoms with Crippen LogP contribution in [0.25, 0.3) is 5.95 Å². The maximum Gasteiger partial charge on any atom is 0.258 e. The Morgan fingerprint density at radius 2 is 2.24 bits per heavy atom. The molecular formula is C12H17N9. The summed E-state index contributed by atoms with van der Waals surface area (Å²) in [6.07, 6.45) is 2.94. The molecule has 0 radical (unpaired) electrons. The fourth-order valence-corrected chi connectivity index (χ4v) is 1.74. The standard InChI is InChI=1S/C12H17N9/c1-4-20(6-9(2)5-13)11-17-10(14-3)18-12(19-11)21-8-15-7-16-21/h7-9H,4,6H2,1-3H3,(H,14,17,18,19). The normalized spacial score (nSPS) is 11.7. The van der Waals surface area contributed by atoms with E-state index in [1.165, 1.54) is 17.3 Å². The third-order valence-corrected chi connectivity index (χ3v) is 2.84. The quantitative estimate of drug-likeness (QED) is 0.817. The zero-order valence-electron chi connectivity index (χ0n) is 12.2. The van der Waals surface area contributed by atoms with Gasteiger partial charge in [-0.05, 0) is 13.8 Å². The third-order valence-electron chi connectivity index (χ3n) is 2.84. The first kappa shape index (κ1) is 14.6. The van der Waals surface area contributed by atoms with Crippen LogP contribution in [0.4, 0.5) is 11.9 Å². The largest absolute Gasteiger partial charge is 0.357 e. The van der Waals surface area contributed by atoms with Crippen molar-refractivity contribution in [1.29, 1.82) is 5.26 Å². The van der Waals surface area contributed by atoms with Crippen molar-refractivity contribution in [3.8, 4) is 12.0 Å². The molecule has 0 amide bonds. The molecule has 0 fully saturated rings. The Labute approximate surface area is 122 Å². The average Bonchev–Trinajstić information content (AvgIpc) is 3.06. The summed E-state index contributed by atoms with van der Waals surface area (Å²) < 4.78 is 1.47. The SMILES string of the molecule is CCN(CC(C)C#N)c1nc(NC)nc(-n2cncn2)n1. The molecule has 0 aliphatic carbocycles. The second kappa shape index (κ2) is 6.60. The summed E-state index contributed by atoms with van der Waals surface area (Å²) in [5.41, 5.74) is 0. The molecular weight excluding hydrogens is 270 g/mol. The van der Waals surface area contributed by atoms with E-state index in [0.717, 1.165) is 0 Å². The van der Waals surface area contributed by atoms with Gasteiger partial charge in [-0.2, -0.15) is 30.0 Å². The highest BCUT2D eigenvalue weighted by Gasteiger charge is 2.15. The lowest BCUT2D eigenvalue weighted by Gasteiger charge is -2.22. The Bertz CT molecular complexity index is 616. The molecule has 2 aromatic rings. The first-order valence-electron chi connectivity index (χ1n) is 6.61. The maximum atomic E-state index is 8.97. The van der Waals surface area contributed by atoms with Gasteiger partial charge in [0, 0.05) is 20.1 Å². The van der Waals surface area contributed by atoms with Gasteiger partial charge in [0.2, 0.25) is 11.9 Å². The van der Waals surface area contributed by atoms with Crippen molar-refractivity contribution in [2.24, 2.45) is 5.92 Å². The topological polar surface area (TPSA) is 108 Å². The molecule has 2 aromatic heterocycles. The summed E-state index contributed by atoms with van der Waals surface area (Å²) in [4.78, 5) is 18.8. The number of aromatic nitrogens is 6. The number of rotatable bonds is 6. The van der Waals surface area contributed by atoms with Gasteiger partial charge < -0.3 is 10.2 Å². The molecule has 0 saturated carbocycles. The zero-order chi connectivity index (χ0) is 15.2. The van der Waals surface area contributed by atoms with E-state index in [1.807, 2.05) is 18.7 Å². The highest BCUT2D eigenvalue weighted by Crippen LogP contribution is 2.14. The Morgan fingerprint density at radius 1 is 1.43 bits per heavy atom. The van der Waals surface area contributed by atoms with Crippen LogP contribution in [0.1, 0.15) is 13.8 Å². The number of nitrogens with zero attached hydrogens (tertiary/aromatic N) is 8. The van der Waals surface area contributed by atoms with E-state index in [-0.39, 0.29) is 5.92 Å². The van der Waals surface area contributed by atoms with Crippen molar-refractivity contribution in [2.45, 2.75) is 13.8 Å². The Balaban J connectivity index is 2.38. The van der Waals surface area contributed by atoms with E-state index < -0.39 is 0 Å². The molecule has 0 saturated heterocycles. The lowest BCUT2D eigenvalue weighted by Crippen LogP contribution is -2.30. The van der Waals surface area contributed by atoms with E-state index in [9.17, 15) is 0 Å². The van der Waals surface area contributed by atoms with Gasteiger partial charge in [0.05, 0.1) is 12.0 Å². The summed E-state index contributed by atoms with van der Waals surface area (Å²) in [7, 11) is 1.73. The highest BCUT2D eigenvalue weighted by atomic mass is 15.4. The molecule has 110 valence electrons. The molecule has 21 heavy (non-hydrogen) atoms. The van der Waals surface area contributed by atoms with E-state index in [0.29, 0.717) is 30.9 Å². The van der Waals surface area contributed by atoms with Crippen molar-refractivity contribution in [3.05, 3.63) is 12.7 Å². The average molecular weight is 287 g/mol. The highest BCUT2D eigenvalue weighted by molar-refractivity contribution is 5.39. The Morgan fingerprint density at radius 3 is 2.81 bits per heavy atom. The van der Waals surface area contributed by atoms with Crippen LogP contribution in [0.15, 0.2) is 12.7 Å². The summed E-state index contributed by atoms with van der Waals surface area (Å²) in [5, 5.41) is 15.9. The molecule has 9 nitrogen and oxygen atoms in total. The van der Waals surface area contributed by atoms with Gasteiger partial charge in [0.1, 0.15) is 12.7 Å². The van der Waals surface area contributed by atoms with Crippen LogP contribution in [0.3, 0.4) is 0 Å². The van der Waals surface area contributed by atoms with Crippen LogP contribution < -0.4 is 10.2 Å². The molecule has 2 rings (SSSR count). The van der Waals surface area contributed by atoms with Crippen molar-refractivity contribution in [2.75, 3.05) is 30.4 Å². The summed E-state index contributed by atoms with van der Waals surface area (Å²) in [6.45, 7) is 5.09. The molecule has 0 aliphatic heterocycles. The Hall–Kier alpha value is -2.76. The first-order chi connectivity index (χ1) is 10.2. The number of anilines is 2. The van der Waals surface area contributed by atoms with E-state index >= 15 is 0 Å². The summed E-state index contributed by atoms with van der Waals surface area (Å²) >= 11 is 0. The van der Waals surface area contributed by atoms with Crippen molar-refractivity contribution in [3.63, 3.8) is 0 Å². The van der Waals surface area contributed by atoms with Gasteiger partial charge >= 0.3 is 0 Å². The number of hydrogen-bond acceptors (Lipinski definition) is 8. The van der Waals surface area contributed by atoms with Gasteiger partial charge in [-0.25, -0.2) is 4.98 Å². The van der Waals surface area contributed by atoms with Gasteiger partial charge in [0.25, 0.3) is 5.95 Å². The predicted octanol–water partition coefficient (Wildman–Crippen LogP) is 0.480. The van der Waals surface area contributed by atoms with Crippen LogP contribution in [0.5, 0.6) is 0 Å². The summed E-state index contributed by atoms with van der Waals surface area (Å²) in [5.74, 6) is 1.21. The molecule has 9 heteroatoms.